The molecule has 1 fully saturated rings. The molecule has 1 saturated carbocycles. The number of nitriles is 1. The van der Waals surface area contributed by atoms with Gasteiger partial charge in [-0.2, -0.15) is 18.4 Å². The molecular weight excluding hydrogens is 479 g/mol. The lowest BCUT2D eigenvalue weighted by Crippen LogP contribution is -2.52. The molecule has 0 saturated heterocycles. The summed E-state index contributed by atoms with van der Waals surface area (Å²) in [4.78, 5) is 17.4. The summed E-state index contributed by atoms with van der Waals surface area (Å²) in [6.45, 7) is 8.48. The zero-order valence-electron chi connectivity index (χ0n) is 19.8. The number of nitrogens with zero attached hydrogens (tertiary/aromatic N) is 3. The summed E-state index contributed by atoms with van der Waals surface area (Å²) in [6.07, 6.45) is -3.71. The Morgan fingerprint density at radius 3 is 2.43 bits per heavy atom. The summed E-state index contributed by atoms with van der Waals surface area (Å²) < 4.78 is 42.7. The first kappa shape index (κ1) is 25.5. The van der Waals surface area contributed by atoms with E-state index in [-0.39, 0.29) is 33.8 Å². The van der Waals surface area contributed by atoms with Gasteiger partial charge in [0.1, 0.15) is 0 Å². The van der Waals surface area contributed by atoms with Crippen LogP contribution in [0.5, 0.6) is 0 Å². The quantitative estimate of drug-likeness (QED) is 0.583. The van der Waals surface area contributed by atoms with Crippen LogP contribution in [0.3, 0.4) is 0 Å². The van der Waals surface area contributed by atoms with Gasteiger partial charge in [0.25, 0.3) is 5.91 Å². The molecule has 9 heteroatoms. The van der Waals surface area contributed by atoms with Crippen molar-refractivity contribution in [1.82, 2.24) is 4.90 Å². The van der Waals surface area contributed by atoms with Crippen LogP contribution in [0.2, 0.25) is 5.02 Å². The lowest BCUT2D eigenvalue weighted by atomic mass is 9.78. The first-order valence-corrected chi connectivity index (χ1v) is 12.0. The minimum atomic E-state index is -4.90. The highest BCUT2D eigenvalue weighted by Gasteiger charge is 2.58. The van der Waals surface area contributed by atoms with Crippen LogP contribution < -0.4 is 4.90 Å². The summed E-state index contributed by atoms with van der Waals surface area (Å²) in [5.74, 6) is -0.584. The van der Waals surface area contributed by atoms with Crippen molar-refractivity contribution in [2.75, 3.05) is 24.5 Å². The first-order chi connectivity index (χ1) is 16.4. The maximum atomic E-state index is 14.2. The third-order valence-electron chi connectivity index (χ3n) is 7.20. The van der Waals surface area contributed by atoms with Gasteiger partial charge >= 0.3 is 6.18 Å². The number of benzene rings is 2. The fraction of sp³-hybridized carbons (Fsp3) is 0.462. The van der Waals surface area contributed by atoms with Crippen molar-refractivity contribution in [2.24, 2.45) is 5.92 Å². The van der Waals surface area contributed by atoms with E-state index in [0.29, 0.717) is 18.9 Å². The molecule has 1 N–H and O–H groups in total. The lowest BCUT2D eigenvalue weighted by Gasteiger charge is -2.43. The molecule has 2 aliphatic rings. The van der Waals surface area contributed by atoms with Crippen molar-refractivity contribution in [3.63, 3.8) is 0 Å². The fourth-order valence-electron chi connectivity index (χ4n) is 5.31. The van der Waals surface area contributed by atoms with E-state index in [0.717, 1.165) is 25.2 Å². The number of fused-ring (bicyclic) bond motifs is 1. The Balaban J connectivity index is 1.86. The highest BCUT2D eigenvalue weighted by atomic mass is 35.5. The number of aryl methyl sites for hydroxylation is 1. The van der Waals surface area contributed by atoms with Gasteiger partial charge in [0, 0.05) is 28.7 Å². The standard InChI is InChI=1S/C26H27ClF3N3O2/c1-4-32(5-2)14-17-9-18(10-17)33-22-12-16(13-31)11-20(26(28,29)30)23(22)25(35,24(33)34)19-7-6-15(3)8-21(19)27/h6-8,11-12,17-18,35H,4-5,9-10,14H2,1-3H3. The Bertz CT molecular complexity index is 1200. The van der Waals surface area contributed by atoms with Gasteiger partial charge in [0.2, 0.25) is 0 Å². The minimum Gasteiger partial charge on any atom is -0.372 e. The van der Waals surface area contributed by atoms with Crippen molar-refractivity contribution in [3.05, 3.63) is 63.2 Å². The number of anilines is 1. The highest BCUT2D eigenvalue weighted by molar-refractivity contribution is 6.32. The molecule has 0 aromatic heterocycles. The third kappa shape index (κ3) is 4.20. The average molecular weight is 506 g/mol. The number of carbonyl (C=O) groups excluding carboxylic acids is 1. The number of halogens is 4. The lowest BCUT2D eigenvalue weighted by molar-refractivity contribution is -0.142. The van der Waals surface area contributed by atoms with E-state index in [1.54, 1.807) is 19.1 Å². The summed E-state index contributed by atoms with van der Waals surface area (Å²) in [6, 6.07) is 7.83. The Morgan fingerprint density at radius 2 is 1.89 bits per heavy atom. The van der Waals surface area contributed by atoms with Crippen LogP contribution in [-0.4, -0.2) is 41.6 Å². The van der Waals surface area contributed by atoms with E-state index in [1.165, 1.54) is 23.1 Å². The molecule has 1 amide bonds. The molecule has 1 unspecified atom stereocenters. The van der Waals surface area contributed by atoms with E-state index in [4.69, 9.17) is 11.6 Å². The Kier molecular flexibility index (Phi) is 6.64. The van der Waals surface area contributed by atoms with Crippen molar-refractivity contribution in [2.45, 2.75) is 51.4 Å². The van der Waals surface area contributed by atoms with Crippen LogP contribution in [0.1, 0.15) is 54.5 Å². The van der Waals surface area contributed by atoms with Crippen LogP contribution in [0.4, 0.5) is 18.9 Å². The monoisotopic (exact) mass is 505 g/mol. The van der Waals surface area contributed by atoms with E-state index in [2.05, 4.69) is 18.7 Å². The van der Waals surface area contributed by atoms with Crippen LogP contribution in [0.25, 0.3) is 0 Å². The second-order valence-electron chi connectivity index (χ2n) is 9.37. The van der Waals surface area contributed by atoms with E-state index >= 15 is 0 Å². The Labute approximate surface area is 207 Å². The van der Waals surface area contributed by atoms with Crippen molar-refractivity contribution in [1.29, 1.82) is 5.26 Å². The first-order valence-electron chi connectivity index (χ1n) is 11.7. The molecule has 35 heavy (non-hydrogen) atoms. The largest absolute Gasteiger partial charge is 0.416 e. The van der Waals surface area contributed by atoms with E-state index < -0.39 is 28.8 Å². The summed E-state index contributed by atoms with van der Waals surface area (Å²) in [5, 5.41) is 21.2. The second kappa shape index (κ2) is 9.12. The van der Waals surface area contributed by atoms with Gasteiger partial charge in [0.05, 0.1) is 22.9 Å². The normalized spacial score (nSPS) is 23.9. The predicted molar refractivity (Wildman–Crippen MR) is 127 cm³/mol. The zero-order valence-corrected chi connectivity index (χ0v) is 20.5. The molecule has 4 rings (SSSR count). The number of aliphatic hydroxyl groups is 1. The molecule has 0 bridgehead atoms. The van der Waals surface area contributed by atoms with Crippen molar-refractivity contribution in [3.8, 4) is 6.07 Å². The highest BCUT2D eigenvalue weighted by Crippen LogP contribution is 2.54. The molecule has 1 aliphatic heterocycles. The molecular formula is C26H27ClF3N3O2. The summed E-state index contributed by atoms with van der Waals surface area (Å²) in [5.41, 5.74) is -4.07. The number of hydrogen-bond acceptors (Lipinski definition) is 4. The maximum absolute atomic E-state index is 14.2. The van der Waals surface area contributed by atoms with Crippen molar-refractivity contribution >= 4 is 23.2 Å². The third-order valence-corrected chi connectivity index (χ3v) is 7.52. The minimum absolute atomic E-state index is 0.000784. The number of alkyl halides is 3. The Hall–Kier alpha value is -2.60. The predicted octanol–water partition coefficient (Wildman–Crippen LogP) is 5.24. The van der Waals surface area contributed by atoms with Gasteiger partial charge in [-0.3, -0.25) is 4.79 Å². The van der Waals surface area contributed by atoms with Gasteiger partial charge in [-0.25, -0.2) is 0 Å². The number of hydrogen-bond donors (Lipinski definition) is 1. The smallest absolute Gasteiger partial charge is 0.372 e. The van der Waals surface area contributed by atoms with Gasteiger partial charge in [-0.05, 0) is 62.5 Å². The Morgan fingerprint density at radius 1 is 1.23 bits per heavy atom. The van der Waals surface area contributed by atoms with E-state index in [1.807, 2.05) is 0 Å². The molecule has 0 spiro atoms. The van der Waals surface area contributed by atoms with Crippen molar-refractivity contribution < 1.29 is 23.1 Å². The zero-order chi connectivity index (χ0) is 25.7. The summed E-state index contributed by atoms with van der Waals surface area (Å²) in [7, 11) is 0. The average Bonchev–Trinajstić information content (AvgIpc) is 2.99. The van der Waals surface area contributed by atoms with Crippen LogP contribution in [0, 0.1) is 24.2 Å². The van der Waals surface area contributed by atoms with Crippen LogP contribution >= 0.6 is 11.6 Å². The van der Waals surface area contributed by atoms with Gasteiger partial charge in [-0.15, -0.1) is 0 Å². The van der Waals surface area contributed by atoms with Gasteiger partial charge < -0.3 is 14.9 Å². The molecule has 186 valence electrons. The van der Waals surface area contributed by atoms with E-state index in [9.17, 15) is 28.3 Å². The molecule has 1 aliphatic carbocycles. The number of carbonyl (C=O) groups is 1. The van der Waals surface area contributed by atoms with Crippen LogP contribution in [0.15, 0.2) is 30.3 Å². The SMILES string of the molecule is CCN(CC)CC1CC(N2C(=O)C(O)(c3ccc(C)cc3Cl)c3c2cc(C#N)cc3C(F)(F)F)C1. The van der Waals surface area contributed by atoms with Gasteiger partial charge in [-0.1, -0.05) is 37.6 Å². The van der Waals surface area contributed by atoms with Gasteiger partial charge in [0.15, 0.2) is 5.60 Å². The fourth-order valence-corrected chi connectivity index (χ4v) is 5.68. The molecule has 5 nitrogen and oxygen atoms in total. The second-order valence-corrected chi connectivity index (χ2v) is 9.78. The molecule has 1 atom stereocenters. The molecule has 2 aromatic carbocycles. The maximum Gasteiger partial charge on any atom is 0.416 e. The summed E-state index contributed by atoms with van der Waals surface area (Å²) >= 11 is 6.37. The number of amides is 1. The van der Waals surface area contributed by atoms with Crippen LogP contribution in [-0.2, 0) is 16.6 Å². The molecule has 0 radical (unpaired) electrons. The molecule has 1 heterocycles. The number of rotatable bonds is 6. The topological polar surface area (TPSA) is 67.6 Å². The molecule has 2 aromatic rings.